The number of carbonyl (C=O) groups is 2. The summed E-state index contributed by atoms with van der Waals surface area (Å²) < 4.78 is 6.17. The first-order valence-corrected chi connectivity index (χ1v) is 9.66. The fraction of sp³-hybridized carbons (Fsp3) is 0.200. The standard InChI is InChI=1S/C20H19N3O4S/c1-3-27-20(26)22-17(24)12-28-19-21-16-7-5-4-6-15(16)18(25)23(19)14-10-8-13(2)9-11-14/h4-11H,3,12H2,1-2H3,(H,22,24,26). The molecule has 0 saturated carbocycles. The summed E-state index contributed by atoms with van der Waals surface area (Å²) in [7, 11) is 0. The Bertz CT molecular complexity index is 1080. The van der Waals surface area contributed by atoms with Gasteiger partial charge in [0.05, 0.1) is 29.0 Å². The van der Waals surface area contributed by atoms with Crippen LogP contribution in [0.4, 0.5) is 4.79 Å². The van der Waals surface area contributed by atoms with Gasteiger partial charge in [-0.3, -0.25) is 19.5 Å². The highest BCUT2D eigenvalue weighted by molar-refractivity contribution is 7.99. The Morgan fingerprint density at radius 2 is 1.86 bits per heavy atom. The van der Waals surface area contributed by atoms with E-state index in [1.54, 1.807) is 31.2 Å². The van der Waals surface area contributed by atoms with Crippen molar-refractivity contribution in [2.24, 2.45) is 0 Å². The Morgan fingerprint density at radius 1 is 1.14 bits per heavy atom. The number of imide groups is 1. The lowest BCUT2D eigenvalue weighted by Gasteiger charge is -2.13. The van der Waals surface area contributed by atoms with Crippen LogP contribution in [0.3, 0.4) is 0 Å². The highest BCUT2D eigenvalue weighted by Gasteiger charge is 2.16. The lowest BCUT2D eigenvalue weighted by molar-refractivity contribution is -0.117. The zero-order chi connectivity index (χ0) is 20.1. The number of benzene rings is 2. The molecular weight excluding hydrogens is 378 g/mol. The van der Waals surface area contributed by atoms with Crippen molar-refractivity contribution in [1.82, 2.24) is 14.9 Å². The number of hydrogen-bond donors (Lipinski definition) is 1. The van der Waals surface area contributed by atoms with E-state index in [4.69, 9.17) is 4.74 Å². The Labute approximate surface area is 165 Å². The third-order valence-corrected chi connectivity index (χ3v) is 4.82. The topological polar surface area (TPSA) is 90.3 Å². The summed E-state index contributed by atoms with van der Waals surface area (Å²) >= 11 is 1.08. The summed E-state index contributed by atoms with van der Waals surface area (Å²) in [4.78, 5) is 41.0. The van der Waals surface area contributed by atoms with Gasteiger partial charge in [-0.15, -0.1) is 0 Å². The average Bonchev–Trinajstić information content (AvgIpc) is 2.68. The molecule has 0 bridgehead atoms. The van der Waals surface area contributed by atoms with Crippen LogP contribution in [0.15, 0.2) is 58.5 Å². The molecule has 0 fully saturated rings. The highest BCUT2D eigenvalue weighted by Crippen LogP contribution is 2.21. The van der Waals surface area contributed by atoms with E-state index >= 15 is 0 Å². The number of para-hydroxylation sites is 1. The molecule has 0 spiro atoms. The smallest absolute Gasteiger partial charge is 0.413 e. The first-order valence-electron chi connectivity index (χ1n) is 8.68. The second-order valence-corrected chi connectivity index (χ2v) is 6.89. The number of ether oxygens (including phenoxy) is 1. The molecule has 0 radical (unpaired) electrons. The van der Waals surface area contributed by atoms with Crippen molar-refractivity contribution >= 4 is 34.7 Å². The lowest BCUT2D eigenvalue weighted by atomic mass is 10.2. The zero-order valence-corrected chi connectivity index (χ0v) is 16.3. The SMILES string of the molecule is CCOC(=O)NC(=O)CSc1nc2ccccc2c(=O)n1-c1ccc(C)cc1. The van der Waals surface area contributed by atoms with Crippen LogP contribution in [-0.2, 0) is 9.53 Å². The van der Waals surface area contributed by atoms with Crippen molar-refractivity contribution in [1.29, 1.82) is 0 Å². The van der Waals surface area contributed by atoms with E-state index in [-0.39, 0.29) is 17.9 Å². The van der Waals surface area contributed by atoms with Gasteiger partial charge in [0, 0.05) is 0 Å². The van der Waals surface area contributed by atoms with Crippen molar-refractivity contribution in [2.45, 2.75) is 19.0 Å². The van der Waals surface area contributed by atoms with Gasteiger partial charge >= 0.3 is 6.09 Å². The van der Waals surface area contributed by atoms with Crippen LogP contribution in [0.1, 0.15) is 12.5 Å². The van der Waals surface area contributed by atoms with Gasteiger partial charge in [0.25, 0.3) is 5.56 Å². The van der Waals surface area contributed by atoms with E-state index in [0.29, 0.717) is 21.7 Å². The quantitative estimate of drug-likeness (QED) is 0.526. The van der Waals surface area contributed by atoms with Crippen LogP contribution < -0.4 is 10.9 Å². The van der Waals surface area contributed by atoms with E-state index in [9.17, 15) is 14.4 Å². The molecule has 0 aliphatic carbocycles. The molecule has 3 rings (SSSR count). The number of hydrogen-bond acceptors (Lipinski definition) is 6. The minimum Gasteiger partial charge on any atom is -0.450 e. The van der Waals surface area contributed by atoms with Crippen LogP contribution in [0.2, 0.25) is 0 Å². The lowest BCUT2D eigenvalue weighted by Crippen LogP contribution is -2.32. The minimum absolute atomic E-state index is 0.0878. The molecule has 7 nitrogen and oxygen atoms in total. The van der Waals surface area contributed by atoms with Crippen LogP contribution in [0.25, 0.3) is 16.6 Å². The van der Waals surface area contributed by atoms with Gasteiger partial charge in [-0.25, -0.2) is 9.78 Å². The minimum atomic E-state index is -0.796. The highest BCUT2D eigenvalue weighted by atomic mass is 32.2. The number of rotatable bonds is 5. The molecule has 0 saturated heterocycles. The number of fused-ring (bicyclic) bond motifs is 1. The number of nitrogens with one attached hydrogen (secondary N) is 1. The first kappa shape index (κ1) is 19.6. The number of nitrogens with zero attached hydrogens (tertiary/aromatic N) is 2. The van der Waals surface area contributed by atoms with Gasteiger partial charge in [-0.2, -0.15) is 0 Å². The van der Waals surface area contributed by atoms with Crippen molar-refractivity contribution in [3.05, 3.63) is 64.4 Å². The molecule has 1 heterocycles. The molecule has 144 valence electrons. The largest absolute Gasteiger partial charge is 0.450 e. The molecular formula is C20H19N3O4S. The number of aromatic nitrogens is 2. The molecule has 8 heteroatoms. The molecule has 2 amide bonds. The molecule has 0 aliphatic heterocycles. The van der Waals surface area contributed by atoms with Gasteiger partial charge < -0.3 is 4.74 Å². The normalized spacial score (nSPS) is 10.6. The van der Waals surface area contributed by atoms with Crippen molar-refractivity contribution in [3.63, 3.8) is 0 Å². The molecule has 1 N–H and O–H groups in total. The summed E-state index contributed by atoms with van der Waals surface area (Å²) in [6, 6.07) is 14.5. The second-order valence-electron chi connectivity index (χ2n) is 5.94. The average molecular weight is 397 g/mol. The summed E-state index contributed by atoms with van der Waals surface area (Å²) in [5, 5.41) is 2.99. The van der Waals surface area contributed by atoms with Crippen LogP contribution in [0, 0.1) is 6.92 Å². The van der Waals surface area contributed by atoms with E-state index in [1.807, 2.05) is 31.2 Å². The maximum absolute atomic E-state index is 13.1. The van der Waals surface area contributed by atoms with Gasteiger partial charge in [0.1, 0.15) is 0 Å². The molecule has 0 unspecified atom stereocenters. The summed E-state index contributed by atoms with van der Waals surface area (Å²) in [6.45, 7) is 3.78. The molecule has 2 aromatic carbocycles. The van der Waals surface area contributed by atoms with Crippen LogP contribution in [-0.4, -0.2) is 33.9 Å². The monoisotopic (exact) mass is 397 g/mol. The van der Waals surface area contributed by atoms with Crippen LogP contribution >= 0.6 is 11.8 Å². The Hall–Kier alpha value is -3.13. The van der Waals surface area contributed by atoms with Gasteiger partial charge in [0.2, 0.25) is 5.91 Å². The van der Waals surface area contributed by atoms with E-state index in [1.165, 1.54) is 4.57 Å². The predicted molar refractivity (Wildman–Crippen MR) is 108 cm³/mol. The third-order valence-electron chi connectivity index (χ3n) is 3.89. The molecule has 3 aromatic rings. The van der Waals surface area contributed by atoms with Crippen LogP contribution in [0.5, 0.6) is 0 Å². The summed E-state index contributed by atoms with van der Waals surface area (Å²) in [5.41, 5.74) is 2.04. The molecule has 0 aliphatic rings. The fourth-order valence-electron chi connectivity index (χ4n) is 2.58. The van der Waals surface area contributed by atoms with Crippen molar-refractivity contribution in [2.75, 3.05) is 12.4 Å². The third kappa shape index (κ3) is 4.40. The van der Waals surface area contributed by atoms with Crippen molar-refractivity contribution < 1.29 is 14.3 Å². The van der Waals surface area contributed by atoms with E-state index in [0.717, 1.165) is 17.3 Å². The van der Waals surface area contributed by atoms with E-state index in [2.05, 4.69) is 10.3 Å². The Balaban J connectivity index is 1.97. The number of carbonyl (C=O) groups excluding carboxylic acids is 2. The van der Waals surface area contributed by atoms with E-state index < -0.39 is 12.0 Å². The van der Waals surface area contributed by atoms with Gasteiger partial charge in [-0.05, 0) is 38.1 Å². The van der Waals surface area contributed by atoms with Gasteiger partial charge in [-0.1, -0.05) is 41.6 Å². The number of amides is 2. The number of alkyl carbamates (subject to hydrolysis) is 1. The number of aryl methyl sites for hydroxylation is 1. The number of thioether (sulfide) groups is 1. The van der Waals surface area contributed by atoms with Gasteiger partial charge in [0.15, 0.2) is 5.16 Å². The van der Waals surface area contributed by atoms with Crippen molar-refractivity contribution in [3.8, 4) is 5.69 Å². The first-order chi connectivity index (χ1) is 13.5. The summed E-state index contributed by atoms with van der Waals surface area (Å²) in [6.07, 6.45) is -0.796. The fourth-order valence-corrected chi connectivity index (χ4v) is 3.39. The maximum atomic E-state index is 13.1. The summed E-state index contributed by atoms with van der Waals surface area (Å²) in [5.74, 6) is -0.614. The zero-order valence-electron chi connectivity index (χ0n) is 15.5. The Morgan fingerprint density at radius 3 is 2.57 bits per heavy atom. The molecule has 1 aromatic heterocycles. The second kappa shape index (κ2) is 8.71. The molecule has 28 heavy (non-hydrogen) atoms. The Kier molecular flexibility index (Phi) is 6.10. The maximum Gasteiger partial charge on any atom is 0.413 e. The predicted octanol–water partition coefficient (Wildman–Crippen LogP) is 3.06. The molecule has 0 atom stereocenters.